The van der Waals surface area contributed by atoms with Crippen LogP contribution < -0.4 is 5.32 Å². The third-order valence-electron chi connectivity index (χ3n) is 4.67. The van der Waals surface area contributed by atoms with Gasteiger partial charge in [-0.15, -0.1) is 0 Å². The predicted octanol–water partition coefficient (Wildman–Crippen LogP) is 2.07. The highest BCUT2D eigenvalue weighted by atomic mass is 15.4. The zero-order valence-corrected chi connectivity index (χ0v) is 13.7. The molecule has 0 spiro atoms. The minimum atomic E-state index is 0.360. The van der Waals surface area contributed by atoms with Crippen LogP contribution in [0.5, 0.6) is 0 Å². The standard InChI is InChI=1S/C18H20N6/c1-2-17-21-18-7-6-14(12-24(18)22-17)20-10-13-11-23-8-4-3-5-16(23)15(13)9-19/h3-5,8,11,14,20H,2,6-7,10,12H2,1H3/t14-/m0/s1. The Bertz CT molecular complexity index is 913. The Morgan fingerprint density at radius 3 is 3.17 bits per heavy atom. The van der Waals surface area contributed by atoms with E-state index in [4.69, 9.17) is 0 Å². The highest BCUT2D eigenvalue weighted by Gasteiger charge is 2.21. The van der Waals surface area contributed by atoms with Crippen molar-refractivity contribution in [2.75, 3.05) is 0 Å². The smallest absolute Gasteiger partial charge is 0.150 e. The first-order valence-electron chi connectivity index (χ1n) is 8.43. The monoisotopic (exact) mass is 320 g/mol. The van der Waals surface area contributed by atoms with E-state index in [0.717, 1.165) is 54.1 Å². The number of nitriles is 1. The van der Waals surface area contributed by atoms with Gasteiger partial charge in [0.2, 0.25) is 0 Å². The van der Waals surface area contributed by atoms with Gasteiger partial charge in [0.15, 0.2) is 5.82 Å². The van der Waals surface area contributed by atoms with Crippen LogP contribution in [0.25, 0.3) is 5.52 Å². The van der Waals surface area contributed by atoms with Gasteiger partial charge in [0.1, 0.15) is 11.9 Å². The molecule has 0 radical (unpaired) electrons. The number of hydrogen-bond donors (Lipinski definition) is 1. The summed E-state index contributed by atoms with van der Waals surface area (Å²) in [6.45, 7) is 3.62. The number of nitrogens with one attached hydrogen (secondary N) is 1. The van der Waals surface area contributed by atoms with E-state index in [1.54, 1.807) is 0 Å². The summed E-state index contributed by atoms with van der Waals surface area (Å²) in [6.07, 6.45) is 6.90. The molecule has 0 saturated heterocycles. The first-order chi connectivity index (χ1) is 11.8. The predicted molar refractivity (Wildman–Crippen MR) is 90.5 cm³/mol. The number of hydrogen-bond acceptors (Lipinski definition) is 4. The first-order valence-corrected chi connectivity index (χ1v) is 8.43. The molecule has 4 rings (SSSR count). The molecule has 0 bridgehead atoms. The van der Waals surface area contributed by atoms with Crippen LogP contribution in [0.4, 0.5) is 0 Å². The Labute approximate surface area is 140 Å². The number of nitrogens with zero attached hydrogens (tertiary/aromatic N) is 5. The molecule has 0 amide bonds. The molecule has 3 aromatic rings. The van der Waals surface area contributed by atoms with E-state index in [9.17, 15) is 5.26 Å². The Morgan fingerprint density at radius 2 is 2.33 bits per heavy atom. The highest BCUT2D eigenvalue weighted by molar-refractivity contribution is 5.65. The average molecular weight is 320 g/mol. The summed E-state index contributed by atoms with van der Waals surface area (Å²) < 4.78 is 4.04. The first kappa shape index (κ1) is 14.9. The second kappa shape index (κ2) is 6.10. The molecule has 122 valence electrons. The molecule has 0 aliphatic carbocycles. The summed E-state index contributed by atoms with van der Waals surface area (Å²) in [6, 6.07) is 8.63. The van der Waals surface area contributed by atoms with Crippen molar-refractivity contribution in [1.29, 1.82) is 5.26 Å². The molecule has 1 aliphatic rings. The van der Waals surface area contributed by atoms with Gasteiger partial charge in [-0.1, -0.05) is 13.0 Å². The van der Waals surface area contributed by atoms with Crippen molar-refractivity contribution in [3.05, 3.63) is 53.4 Å². The van der Waals surface area contributed by atoms with E-state index in [1.165, 1.54) is 0 Å². The Kier molecular flexibility index (Phi) is 3.79. The molecule has 6 heteroatoms. The quantitative estimate of drug-likeness (QED) is 0.799. The van der Waals surface area contributed by atoms with Crippen LogP contribution in [0.2, 0.25) is 0 Å². The zero-order chi connectivity index (χ0) is 16.5. The van der Waals surface area contributed by atoms with Gasteiger partial charge in [-0.25, -0.2) is 9.67 Å². The summed E-state index contributed by atoms with van der Waals surface area (Å²) in [7, 11) is 0. The maximum atomic E-state index is 9.49. The van der Waals surface area contributed by atoms with E-state index in [1.807, 2.05) is 39.7 Å². The number of fused-ring (bicyclic) bond motifs is 2. The summed E-state index contributed by atoms with van der Waals surface area (Å²) in [4.78, 5) is 4.56. The Hall–Kier alpha value is -2.65. The zero-order valence-electron chi connectivity index (χ0n) is 13.7. The van der Waals surface area contributed by atoms with Crippen LogP contribution in [0, 0.1) is 11.3 Å². The van der Waals surface area contributed by atoms with E-state index in [2.05, 4.69) is 28.4 Å². The molecule has 0 saturated carbocycles. The summed E-state index contributed by atoms with van der Waals surface area (Å²) in [5.74, 6) is 2.02. The molecule has 0 fully saturated rings. The Morgan fingerprint density at radius 1 is 1.42 bits per heavy atom. The van der Waals surface area contributed by atoms with E-state index in [-0.39, 0.29) is 0 Å². The van der Waals surface area contributed by atoms with Crippen molar-refractivity contribution >= 4 is 5.52 Å². The largest absolute Gasteiger partial charge is 0.322 e. The van der Waals surface area contributed by atoms with Crippen molar-refractivity contribution in [3.8, 4) is 6.07 Å². The van der Waals surface area contributed by atoms with Crippen molar-refractivity contribution in [2.24, 2.45) is 0 Å². The van der Waals surface area contributed by atoms with Gasteiger partial charge in [-0.05, 0) is 18.6 Å². The van der Waals surface area contributed by atoms with Gasteiger partial charge in [-0.2, -0.15) is 10.4 Å². The van der Waals surface area contributed by atoms with Crippen LogP contribution in [0.3, 0.4) is 0 Å². The number of pyridine rings is 1. The Balaban J connectivity index is 1.49. The van der Waals surface area contributed by atoms with E-state index >= 15 is 0 Å². The summed E-state index contributed by atoms with van der Waals surface area (Å²) in [5, 5.41) is 17.6. The second-order valence-corrected chi connectivity index (χ2v) is 6.23. The van der Waals surface area contributed by atoms with E-state index in [0.29, 0.717) is 12.6 Å². The molecule has 1 N–H and O–H groups in total. The van der Waals surface area contributed by atoms with Gasteiger partial charge < -0.3 is 9.72 Å². The molecule has 1 aliphatic heterocycles. The van der Waals surface area contributed by atoms with Gasteiger partial charge in [-0.3, -0.25) is 0 Å². The van der Waals surface area contributed by atoms with Gasteiger partial charge >= 0.3 is 0 Å². The van der Waals surface area contributed by atoms with Crippen LogP contribution >= 0.6 is 0 Å². The minimum Gasteiger partial charge on any atom is -0.322 e. The van der Waals surface area contributed by atoms with E-state index < -0.39 is 0 Å². The topological polar surface area (TPSA) is 70.9 Å². The molecule has 0 aromatic carbocycles. The van der Waals surface area contributed by atoms with Crippen LogP contribution in [0.1, 0.15) is 36.1 Å². The normalized spacial score (nSPS) is 16.9. The van der Waals surface area contributed by atoms with Gasteiger partial charge in [0.25, 0.3) is 0 Å². The fourth-order valence-electron chi connectivity index (χ4n) is 3.37. The molecule has 3 aromatic heterocycles. The maximum absolute atomic E-state index is 9.49. The molecular weight excluding hydrogens is 300 g/mol. The summed E-state index contributed by atoms with van der Waals surface area (Å²) >= 11 is 0. The van der Waals surface area contributed by atoms with Gasteiger partial charge in [0.05, 0.1) is 17.6 Å². The number of aromatic nitrogens is 4. The molecule has 4 heterocycles. The fraction of sp³-hybridized carbons (Fsp3) is 0.389. The lowest BCUT2D eigenvalue weighted by molar-refractivity contribution is 0.357. The molecule has 0 unspecified atom stereocenters. The molecule has 1 atom stereocenters. The highest BCUT2D eigenvalue weighted by Crippen LogP contribution is 2.19. The number of aryl methyl sites for hydroxylation is 2. The molecular formula is C18H20N6. The molecule has 24 heavy (non-hydrogen) atoms. The lowest BCUT2D eigenvalue weighted by Crippen LogP contribution is -2.37. The van der Waals surface area contributed by atoms with Crippen LogP contribution in [-0.4, -0.2) is 25.2 Å². The lowest BCUT2D eigenvalue weighted by Gasteiger charge is -2.23. The van der Waals surface area contributed by atoms with Crippen LogP contribution in [0.15, 0.2) is 30.6 Å². The SMILES string of the molecule is CCc1nc2n(n1)C[C@@H](NCc1cn3ccccc3c1C#N)CC2. The number of rotatable bonds is 4. The fourth-order valence-corrected chi connectivity index (χ4v) is 3.37. The lowest BCUT2D eigenvalue weighted by atomic mass is 10.1. The van der Waals surface area contributed by atoms with Crippen molar-refractivity contribution in [3.63, 3.8) is 0 Å². The van der Waals surface area contributed by atoms with Crippen molar-refractivity contribution in [2.45, 2.75) is 45.3 Å². The van der Waals surface area contributed by atoms with Crippen LogP contribution in [-0.2, 0) is 25.9 Å². The maximum Gasteiger partial charge on any atom is 0.150 e. The summed E-state index contributed by atoms with van der Waals surface area (Å²) in [5.41, 5.74) is 2.77. The minimum absolute atomic E-state index is 0.360. The third-order valence-corrected chi connectivity index (χ3v) is 4.67. The average Bonchev–Trinajstić information content (AvgIpc) is 3.19. The van der Waals surface area contributed by atoms with Gasteiger partial charge in [0, 0.05) is 43.4 Å². The van der Waals surface area contributed by atoms with Crippen molar-refractivity contribution < 1.29 is 0 Å². The van der Waals surface area contributed by atoms with Crippen molar-refractivity contribution in [1.82, 2.24) is 24.5 Å². The second-order valence-electron chi connectivity index (χ2n) is 6.23. The molecule has 6 nitrogen and oxygen atoms in total. The third kappa shape index (κ3) is 2.57.